The number of hydrogen-bond donors (Lipinski definition) is 2. The number of nitrogens with zero attached hydrogens (tertiary/aromatic N) is 2. The van der Waals surface area contributed by atoms with Gasteiger partial charge in [-0.3, -0.25) is 9.89 Å². The second kappa shape index (κ2) is 6.90. The first kappa shape index (κ1) is 16.2. The summed E-state index contributed by atoms with van der Waals surface area (Å²) < 4.78 is 0. The fourth-order valence-electron chi connectivity index (χ4n) is 4.19. The lowest BCUT2D eigenvalue weighted by atomic mass is 9.90. The molecule has 3 heterocycles. The number of hydrogen-bond acceptors (Lipinski definition) is 3. The fourth-order valence-corrected chi connectivity index (χ4v) is 4.19. The van der Waals surface area contributed by atoms with Gasteiger partial charge in [-0.25, -0.2) is 0 Å². The molecular formula is C20H26N4O. The molecule has 2 aliphatic heterocycles. The predicted molar refractivity (Wildman–Crippen MR) is 99.1 cm³/mol. The molecule has 2 aromatic rings. The van der Waals surface area contributed by atoms with Crippen molar-refractivity contribution in [3.05, 3.63) is 46.8 Å². The van der Waals surface area contributed by atoms with E-state index in [-0.39, 0.29) is 5.91 Å². The van der Waals surface area contributed by atoms with Gasteiger partial charge in [0.2, 0.25) is 0 Å². The summed E-state index contributed by atoms with van der Waals surface area (Å²) in [4.78, 5) is 15.1. The first-order valence-corrected chi connectivity index (χ1v) is 9.45. The lowest BCUT2D eigenvalue weighted by molar-refractivity contribution is 0.0712. The Morgan fingerprint density at radius 3 is 2.96 bits per heavy atom. The topological polar surface area (TPSA) is 61.0 Å². The summed E-state index contributed by atoms with van der Waals surface area (Å²) >= 11 is 0. The van der Waals surface area contributed by atoms with Gasteiger partial charge in [-0.2, -0.15) is 5.10 Å². The first-order chi connectivity index (χ1) is 12.3. The number of carbonyl (C=O) groups excluding carboxylic acids is 1. The van der Waals surface area contributed by atoms with Crippen molar-refractivity contribution in [2.45, 2.75) is 44.9 Å². The predicted octanol–water partition coefficient (Wildman–Crippen LogP) is 3.35. The highest BCUT2D eigenvalue weighted by Gasteiger charge is 2.28. The molecule has 2 N–H and O–H groups in total. The van der Waals surface area contributed by atoms with Gasteiger partial charge in [-0.05, 0) is 49.3 Å². The van der Waals surface area contributed by atoms with Crippen molar-refractivity contribution >= 4 is 11.6 Å². The molecule has 0 atom stereocenters. The number of benzene rings is 1. The summed E-state index contributed by atoms with van der Waals surface area (Å²) in [6.45, 7) is 4.75. The molecule has 1 aromatic carbocycles. The SMILES string of the molecule is CCc1cn[nH]c1C1CCN(C(=O)c2cccc3c2NCCC3)CC1. The monoisotopic (exact) mass is 338 g/mol. The maximum absolute atomic E-state index is 13.1. The van der Waals surface area contributed by atoms with Crippen molar-refractivity contribution in [3.8, 4) is 0 Å². The summed E-state index contributed by atoms with van der Waals surface area (Å²) in [6, 6.07) is 6.12. The molecule has 132 valence electrons. The Labute approximate surface area is 148 Å². The van der Waals surface area contributed by atoms with E-state index in [0.29, 0.717) is 5.92 Å². The van der Waals surface area contributed by atoms with Crippen LogP contribution in [0, 0.1) is 0 Å². The van der Waals surface area contributed by atoms with E-state index in [1.807, 2.05) is 23.2 Å². The van der Waals surface area contributed by atoms with Crippen molar-refractivity contribution in [2.75, 3.05) is 25.0 Å². The van der Waals surface area contributed by atoms with Crippen LogP contribution in [0.5, 0.6) is 0 Å². The van der Waals surface area contributed by atoms with E-state index in [4.69, 9.17) is 0 Å². The van der Waals surface area contributed by atoms with Crippen LogP contribution in [-0.2, 0) is 12.8 Å². The molecule has 1 fully saturated rings. The number of H-pyrrole nitrogens is 1. The van der Waals surface area contributed by atoms with Crippen LogP contribution in [0.1, 0.15) is 59.3 Å². The molecule has 5 nitrogen and oxygen atoms in total. The third kappa shape index (κ3) is 3.03. The third-order valence-electron chi connectivity index (χ3n) is 5.63. The second-order valence-corrected chi connectivity index (χ2v) is 7.10. The van der Waals surface area contributed by atoms with Gasteiger partial charge >= 0.3 is 0 Å². The van der Waals surface area contributed by atoms with Gasteiger partial charge in [0.05, 0.1) is 17.4 Å². The number of nitrogens with one attached hydrogen (secondary N) is 2. The number of aromatic amines is 1. The minimum atomic E-state index is 0.171. The van der Waals surface area contributed by atoms with Crippen molar-refractivity contribution in [3.63, 3.8) is 0 Å². The van der Waals surface area contributed by atoms with Crippen molar-refractivity contribution in [1.82, 2.24) is 15.1 Å². The molecule has 2 aliphatic rings. The van der Waals surface area contributed by atoms with E-state index in [1.54, 1.807) is 0 Å². The van der Waals surface area contributed by atoms with E-state index in [2.05, 4.69) is 28.5 Å². The van der Waals surface area contributed by atoms with Crippen LogP contribution in [0.2, 0.25) is 0 Å². The second-order valence-electron chi connectivity index (χ2n) is 7.10. The third-order valence-corrected chi connectivity index (χ3v) is 5.63. The molecule has 1 amide bonds. The minimum Gasteiger partial charge on any atom is -0.384 e. The number of fused-ring (bicyclic) bond motifs is 1. The highest BCUT2D eigenvalue weighted by Crippen LogP contribution is 2.32. The number of piperidine rings is 1. The molecule has 0 saturated carbocycles. The molecule has 0 bridgehead atoms. The maximum atomic E-state index is 13.1. The quantitative estimate of drug-likeness (QED) is 0.902. The Morgan fingerprint density at radius 2 is 2.16 bits per heavy atom. The highest BCUT2D eigenvalue weighted by molar-refractivity contribution is 6.00. The van der Waals surface area contributed by atoms with Crippen molar-refractivity contribution in [2.24, 2.45) is 0 Å². The van der Waals surface area contributed by atoms with Crippen LogP contribution in [-0.4, -0.2) is 40.6 Å². The molecule has 0 unspecified atom stereocenters. The lowest BCUT2D eigenvalue weighted by Crippen LogP contribution is -2.38. The molecule has 4 rings (SSSR count). The lowest BCUT2D eigenvalue weighted by Gasteiger charge is -2.33. The van der Waals surface area contributed by atoms with E-state index in [9.17, 15) is 4.79 Å². The first-order valence-electron chi connectivity index (χ1n) is 9.45. The van der Waals surface area contributed by atoms with Crippen LogP contribution in [0.4, 0.5) is 5.69 Å². The number of aryl methyl sites for hydroxylation is 2. The Hall–Kier alpha value is -2.30. The maximum Gasteiger partial charge on any atom is 0.255 e. The van der Waals surface area contributed by atoms with Gasteiger partial charge in [0.15, 0.2) is 0 Å². The van der Waals surface area contributed by atoms with Crippen LogP contribution >= 0.6 is 0 Å². The van der Waals surface area contributed by atoms with Crippen LogP contribution in [0.3, 0.4) is 0 Å². The molecule has 1 aromatic heterocycles. The normalized spacial score (nSPS) is 17.9. The summed E-state index contributed by atoms with van der Waals surface area (Å²) in [5, 5.41) is 10.8. The van der Waals surface area contributed by atoms with Gasteiger partial charge in [0.1, 0.15) is 0 Å². The van der Waals surface area contributed by atoms with Gasteiger partial charge < -0.3 is 10.2 Å². The Bertz CT molecular complexity index is 759. The molecule has 0 spiro atoms. The van der Waals surface area contributed by atoms with Gasteiger partial charge in [-0.1, -0.05) is 19.1 Å². The number of rotatable bonds is 3. The molecule has 0 aliphatic carbocycles. The van der Waals surface area contributed by atoms with Gasteiger partial charge in [-0.15, -0.1) is 0 Å². The van der Waals surface area contributed by atoms with Gasteiger partial charge in [0.25, 0.3) is 5.91 Å². The Balaban J connectivity index is 1.47. The Kier molecular flexibility index (Phi) is 4.47. The van der Waals surface area contributed by atoms with E-state index in [0.717, 1.165) is 63.0 Å². The van der Waals surface area contributed by atoms with Crippen molar-refractivity contribution < 1.29 is 4.79 Å². The summed E-state index contributed by atoms with van der Waals surface area (Å²) in [6.07, 6.45) is 7.15. The average molecular weight is 338 g/mol. The summed E-state index contributed by atoms with van der Waals surface area (Å²) in [7, 11) is 0. The smallest absolute Gasteiger partial charge is 0.255 e. The van der Waals surface area contributed by atoms with Crippen molar-refractivity contribution in [1.29, 1.82) is 0 Å². The van der Waals surface area contributed by atoms with Crippen LogP contribution < -0.4 is 5.32 Å². The summed E-state index contributed by atoms with van der Waals surface area (Å²) in [5.41, 5.74) is 5.76. The zero-order chi connectivity index (χ0) is 17.2. The average Bonchev–Trinajstić information content (AvgIpc) is 3.16. The number of likely N-dealkylation sites (tertiary alicyclic amines) is 1. The van der Waals surface area contributed by atoms with E-state index < -0.39 is 0 Å². The van der Waals surface area contributed by atoms with E-state index in [1.165, 1.54) is 16.8 Å². The minimum absolute atomic E-state index is 0.171. The van der Waals surface area contributed by atoms with E-state index >= 15 is 0 Å². The molecule has 1 saturated heterocycles. The summed E-state index contributed by atoms with van der Waals surface area (Å²) in [5.74, 6) is 0.661. The largest absolute Gasteiger partial charge is 0.384 e. The number of aromatic nitrogens is 2. The number of para-hydroxylation sites is 1. The Morgan fingerprint density at radius 1 is 1.32 bits per heavy atom. The zero-order valence-corrected chi connectivity index (χ0v) is 14.8. The number of amides is 1. The number of anilines is 1. The molecule has 25 heavy (non-hydrogen) atoms. The van der Waals surface area contributed by atoms with Gasteiger partial charge in [0, 0.05) is 31.2 Å². The number of carbonyl (C=O) groups is 1. The zero-order valence-electron chi connectivity index (χ0n) is 14.8. The standard InChI is InChI=1S/C20H26N4O/c1-2-14-13-22-23-18(14)16-8-11-24(12-9-16)20(25)17-7-3-5-15-6-4-10-21-19(15)17/h3,5,7,13,16,21H,2,4,6,8-12H2,1H3,(H,22,23). The van der Waals surface area contributed by atoms with Crippen LogP contribution in [0.15, 0.2) is 24.4 Å². The fraction of sp³-hybridized carbons (Fsp3) is 0.500. The molecule has 0 radical (unpaired) electrons. The molecular weight excluding hydrogens is 312 g/mol. The molecule has 5 heteroatoms. The van der Waals surface area contributed by atoms with Crippen LogP contribution in [0.25, 0.3) is 0 Å². The highest BCUT2D eigenvalue weighted by atomic mass is 16.2.